The number of aromatic nitrogens is 2. The fraction of sp³-hybridized carbons (Fsp3) is 0.409. The van der Waals surface area contributed by atoms with Gasteiger partial charge in [0.1, 0.15) is 11.4 Å². The number of aryl methyl sites for hydroxylation is 2. The summed E-state index contributed by atoms with van der Waals surface area (Å²) in [6.45, 7) is 7.93. The van der Waals surface area contributed by atoms with Gasteiger partial charge in [-0.1, -0.05) is 23.2 Å². The third-order valence-electron chi connectivity index (χ3n) is 4.28. The van der Waals surface area contributed by atoms with Gasteiger partial charge in [-0.3, -0.25) is 0 Å². The first-order valence-electron chi connectivity index (χ1n) is 10.4. The molecule has 14 heteroatoms. The van der Waals surface area contributed by atoms with E-state index in [0.29, 0.717) is 11.3 Å². The second kappa shape index (κ2) is 11.4. The smallest absolute Gasteiger partial charge is 0.421 e. The molecule has 1 atom stereocenters. The highest BCUT2D eigenvalue weighted by molar-refractivity contribution is 7.93. The van der Waals surface area contributed by atoms with Crippen molar-refractivity contribution in [2.45, 2.75) is 46.3 Å². The van der Waals surface area contributed by atoms with E-state index in [4.69, 9.17) is 37.4 Å². The molecule has 198 valence electrons. The zero-order chi connectivity index (χ0) is 27.4. The predicted molar refractivity (Wildman–Crippen MR) is 134 cm³/mol. The van der Waals surface area contributed by atoms with Crippen LogP contribution in [0.15, 0.2) is 17.5 Å². The molecule has 1 aromatic carbocycles. The SMILES string of the molecule is COC(=O)[C@H](C)Oc1cc(Oc2c(C=CS(=O)(=O)NC(=O)OC(C)(C)C)c(C)nn2C)c(Cl)cc1Cl. The van der Waals surface area contributed by atoms with E-state index in [1.54, 1.807) is 39.5 Å². The summed E-state index contributed by atoms with van der Waals surface area (Å²) in [5, 5.41) is 5.27. The van der Waals surface area contributed by atoms with Gasteiger partial charge in [0, 0.05) is 13.1 Å². The quantitative estimate of drug-likeness (QED) is 0.457. The van der Waals surface area contributed by atoms with Crippen molar-refractivity contribution in [1.82, 2.24) is 14.5 Å². The van der Waals surface area contributed by atoms with E-state index >= 15 is 0 Å². The summed E-state index contributed by atoms with van der Waals surface area (Å²) < 4.78 is 48.9. The summed E-state index contributed by atoms with van der Waals surface area (Å²) in [6, 6.07) is 2.74. The predicted octanol–water partition coefficient (Wildman–Crippen LogP) is 4.59. The van der Waals surface area contributed by atoms with Crippen molar-refractivity contribution < 1.29 is 37.0 Å². The Morgan fingerprint density at radius 1 is 1.17 bits per heavy atom. The number of esters is 1. The molecule has 11 nitrogen and oxygen atoms in total. The van der Waals surface area contributed by atoms with Gasteiger partial charge in [-0.05, 0) is 46.8 Å². The second-order valence-electron chi connectivity index (χ2n) is 8.48. The maximum absolute atomic E-state index is 12.3. The number of halogens is 2. The average Bonchev–Trinajstić information content (AvgIpc) is 2.99. The molecule has 0 radical (unpaired) electrons. The lowest BCUT2D eigenvalue weighted by Crippen LogP contribution is -2.35. The van der Waals surface area contributed by atoms with E-state index in [-0.39, 0.29) is 27.4 Å². The maximum atomic E-state index is 12.3. The van der Waals surface area contributed by atoms with Gasteiger partial charge in [-0.15, -0.1) is 0 Å². The number of sulfonamides is 1. The van der Waals surface area contributed by atoms with Crippen LogP contribution in [-0.4, -0.2) is 49.1 Å². The molecule has 0 bridgehead atoms. The molecule has 0 saturated carbocycles. The van der Waals surface area contributed by atoms with E-state index in [0.717, 1.165) is 5.41 Å². The van der Waals surface area contributed by atoms with Crippen molar-refractivity contribution in [2.24, 2.45) is 7.05 Å². The number of amides is 1. The van der Waals surface area contributed by atoms with Crippen LogP contribution >= 0.6 is 23.2 Å². The van der Waals surface area contributed by atoms with Gasteiger partial charge in [-0.2, -0.15) is 5.10 Å². The van der Waals surface area contributed by atoms with Crippen molar-refractivity contribution in [3.63, 3.8) is 0 Å². The van der Waals surface area contributed by atoms with Crippen molar-refractivity contribution in [3.8, 4) is 17.4 Å². The first kappa shape index (κ1) is 29.3. The molecule has 36 heavy (non-hydrogen) atoms. The van der Waals surface area contributed by atoms with Gasteiger partial charge in [0.05, 0.1) is 33.8 Å². The highest BCUT2D eigenvalue weighted by Crippen LogP contribution is 2.39. The first-order chi connectivity index (χ1) is 16.5. The molecule has 1 aromatic heterocycles. The number of carbonyl (C=O) groups excluding carboxylic acids is 2. The summed E-state index contributed by atoms with van der Waals surface area (Å²) in [5.74, 6) is -0.276. The van der Waals surface area contributed by atoms with Crippen LogP contribution in [0.4, 0.5) is 4.79 Å². The largest absolute Gasteiger partial charge is 0.477 e. The average molecular weight is 564 g/mol. The Bertz CT molecular complexity index is 1280. The van der Waals surface area contributed by atoms with Crippen LogP contribution in [0.25, 0.3) is 6.08 Å². The molecule has 1 heterocycles. The Kier molecular flexibility index (Phi) is 9.27. The van der Waals surface area contributed by atoms with Crippen LogP contribution in [0.3, 0.4) is 0 Å². The number of rotatable bonds is 8. The number of nitrogens with one attached hydrogen (secondary N) is 1. The molecule has 1 amide bonds. The lowest BCUT2D eigenvalue weighted by atomic mass is 10.2. The molecule has 0 unspecified atom stereocenters. The van der Waals surface area contributed by atoms with Crippen molar-refractivity contribution in [2.75, 3.05) is 7.11 Å². The number of nitrogens with zero attached hydrogens (tertiary/aromatic N) is 2. The van der Waals surface area contributed by atoms with E-state index in [9.17, 15) is 18.0 Å². The fourth-order valence-electron chi connectivity index (χ4n) is 2.76. The Labute approximate surface area is 219 Å². The number of hydrogen-bond donors (Lipinski definition) is 1. The van der Waals surface area contributed by atoms with E-state index in [1.165, 1.54) is 36.9 Å². The minimum atomic E-state index is -4.20. The Morgan fingerprint density at radius 2 is 1.78 bits per heavy atom. The molecule has 0 saturated heterocycles. The number of benzene rings is 1. The van der Waals surface area contributed by atoms with Crippen molar-refractivity contribution in [3.05, 3.63) is 38.8 Å². The second-order valence-corrected chi connectivity index (χ2v) is 10.9. The van der Waals surface area contributed by atoms with Gasteiger partial charge in [0.25, 0.3) is 10.0 Å². The first-order valence-corrected chi connectivity index (χ1v) is 12.7. The van der Waals surface area contributed by atoms with Crippen LogP contribution in [0, 0.1) is 6.92 Å². The van der Waals surface area contributed by atoms with Crippen LogP contribution in [0.1, 0.15) is 39.0 Å². The minimum absolute atomic E-state index is 0.0977. The minimum Gasteiger partial charge on any atom is -0.477 e. The summed E-state index contributed by atoms with van der Waals surface area (Å²) in [7, 11) is -1.40. The molecule has 0 aliphatic carbocycles. The van der Waals surface area contributed by atoms with E-state index in [1.807, 2.05) is 0 Å². The molecule has 0 spiro atoms. The van der Waals surface area contributed by atoms with E-state index in [2.05, 4.69) is 9.84 Å². The molecule has 1 N–H and O–H groups in total. The number of ether oxygens (including phenoxy) is 4. The van der Waals surface area contributed by atoms with Gasteiger partial charge < -0.3 is 18.9 Å². The highest BCUT2D eigenvalue weighted by Gasteiger charge is 2.22. The normalized spacial score (nSPS) is 12.8. The topological polar surface area (TPSA) is 135 Å². The van der Waals surface area contributed by atoms with Gasteiger partial charge in [-0.25, -0.2) is 27.4 Å². The number of hydrogen-bond acceptors (Lipinski definition) is 9. The third-order valence-corrected chi connectivity index (χ3v) is 5.82. The Hall–Kier alpha value is -2.96. The van der Waals surface area contributed by atoms with Crippen LogP contribution < -0.4 is 14.2 Å². The summed E-state index contributed by atoms with van der Waals surface area (Å²) in [4.78, 5) is 23.5. The molecular weight excluding hydrogens is 537 g/mol. The van der Waals surface area contributed by atoms with Crippen molar-refractivity contribution in [1.29, 1.82) is 0 Å². The molecule has 0 aliphatic rings. The monoisotopic (exact) mass is 563 g/mol. The lowest BCUT2D eigenvalue weighted by molar-refractivity contribution is -0.147. The molecule has 0 aliphatic heterocycles. The van der Waals surface area contributed by atoms with Crippen LogP contribution in [0.2, 0.25) is 10.0 Å². The summed E-state index contributed by atoms with van der Waals surface area (Å²) >= 11 is 12.5. The molecule has 2 rings (SSSR count). The maximum Gasteiger partial charge on any atom is 0.421 e. The van der Waals surface area contributed by atoms with Crippen LogP contribution in [-0.2, 0) is 31.3 Å². The van der Waals surface area contributed by atoms with Crippen molar-refractivity contribution >= 4 is 51.4 Å². The highest BCUT2D eigenvalue weighted by atomic mass is 35.5. The number of carbonyl (C=O) groups is 2. The number of methoxy groups -OCH3 is 1. The van der Waals surface area contributed by atoms with Gasteiger partial charge in [0.15, 0.2) is 11.9 Å². The van der Waals surface area contributed by atoms with Gasteiger partial charge >= 0.3 is 12.1 Å². The standard InChI is InChI=1S/C22H27Cl2N3O8S/c1-12-14(8-9-36(30,31)26-21(29)35-22(3,4)5)19(27(6)25-12)34-18-11-17(15(23)10-16(18)24)33-13(2)20(28)32-7/h8-11,13H,1-7H3,(H,26,29)/t13-/m0/s1. The zero-order valence-electron chi connectivity index (χ0n) is 20.7. The van der Waals surface area contributed by atoms with Crippen LogP contribution in [0.5, 0.6) is 17.4 Å². The summed E-state index contributed by atoms with van der Waals surface area (Å²) in [5.41, 5.74) is -0.153. The molecular formula is C22H27Cl2N3O8S. The molecule has 2 aromatic rings. The Balaban J connectivity index is 2.35. The molecule has 0 fully saturated rings. The van der Waals surface area contributed by atoms with E-state index < -0.39 is 33.8 Å². The summed E-state index contributed by atoms with van der Waals surface area (Å²) in [6.07, 6.45) is -0.861. The zero-order valence-corrected chi connectivity index (χ0v) is 23.0. The fourth-order valence-corrected chi connectivity index (χ4v) is 3.88. The third kappa shape index (κ3) is 8.04. The Morgan fingerprint density at radius 3 is 2.36 bits per heavy atom. The van der Waals surface area contributed by atoms with Gasteiger partial charge in [0.2, 0.25) is 5.88 Å². The lowest BCUT2D eigenvalue weighted by Gasteiger charge is -2.19.